The number of carbonyl (C=O) groups excluding carboxylic acids is 3. The van der Waals surface area contributed by atoms with Gasteiger partial charge < -0.3 is 41.6 Å². The summed E-state index contributed by atoms with van der Waals surface area (Å²) in [6, 6.07) is 2.10. The molecule has 1 aromatic heterocycles. The van der Waals surface area contributed by atoms with Crippen LogP contribution in [0.5, 0.6) is 0 Å². The zero-order valence-corrected chi connectivity index (χ0v) is 21.3. The molecule has 0 radical (unpaired) electrons. The van der Waals surface area contributed by atoms with Crippen molar-refractivity contribution < 1.29 is 39.3 Å². The van der Waals surface area contributed by atoms with E-state index in [1.165, 1.54) is 7.05 Å². The van der Waals surface area contributed by atoms with Gasteiger partial charge in [0.2, 0.25) is 17.7 Å². The number of carboxylic acid groups (broad SMARTS) is 2. The Bertz CT molecular complexity index is 1150. The number of carboxylic acids is 2. The molecule has 2 aromatic rings. The molecule has 3 amide bonds. The molecule has 13 heteroatoms. The smallest absolute Gasteiger partial charge is 0.326 e. The second kappa shape index (κ2) is 14.1. The number of carbonyl (C=O) groups is 5. The van der Waals surface area contributed by atoms with Crippen molar-refractivity contribution in [1.82, 2.24) is 20.5 Å². The monoisotopic (exact) mass is 533 g/mol. The van der Waals surface area contributed by atoms with Crippen molar-refractivity contribution in [3.8, 4) is 0 Å². The number of hydrogen-bond acceptors (Lipinski definition) is 7. The van der Waals surface area contributed by atoms with Crippen molar-refractivity contribution in [3.63, 3.8) is 0 Å². The lowest BCUT2D eigenvalue weighted by atomic mass is 10.0. The Morgan fingerprint density at radius 1 is 1.05 bits per heavy atom. The Labute approximate surface area is 219 Å². The minimum atomic E-state index is -1.68. The minimum absolute atomic E-state index is 0.0377. The normalized spacial score (nSPS) is 14.2. The molecule has 0 spiro atoms. The molecule has 1 aromatic carbocycles. The van der Waals surface area contributed by atoms with Gasteiger partial charge >= 0.3 is 11.9 Å². The molecule has 4 atom stereocenters. The predicted octanol–water partition coefficient (Wildman–Crippen LogP) is -0.424. The number of amides is 3. The molecular weight excluding hydrogens is 498 g/mol. The van der Waals surface area contributed by atoms with E-state index < -0.39 is 66.9 Å². The number of nitrogens with zero attached hydrogens (tertiary/aromatic N) is 1. The third-order valence-electron chi connectivity index (χ3n) is 6.19. The number of aliphatic carboxylic acids is 2. The molecule has 0 saturated carbocycles. The van der Waals surface area contributed by atoms with Gasteiger partial charge in [0.1, 0.15) is 24.2 Å². The zero-order valence-electron chi connectivity index (χ0n) is 21.3. The number of nitrogens with two attached hydrogens (primary N) is 1. The predicted molar refractivity (Wildman–Crippen MR) is 137 cm³/mol. The van der Waals surface area contributed by atoms with E-state index in [0.717, 1.165) is 15.8 Å². The van der Waals surface area contributed by atoms with Crippen LogP contribution in [0.4, 0.5) is 0 Å². The molecule has 2 rings (SSSR count). The molecule has 13 nitrogen and oxygen atoms in total. The molecule has 38 heavy (non-hydrogen) atoms. The van der Waals surface area contributed by atoms with Crippen molar-refractivity contribution in [2.24, 2.45) is 5.73 Å². The summed E-state index contributed by atoms with van der Waals surface area (Å²) < 4.78 is 0. The van der Waals surface area contributed by atoms with Gasteiger partial charge in [0.25, 0.3) is 0 Å². The van der Waals surface area contributed by atoms with Crippen LogP contribution in [0, 0.1) is 0 Å². The fourth-order valence-electron chi connectivity index (χ4n) is 4.02. The number of aromatic amines is 1. The number of fused-ring (bicyclic) bond motifs is 1. The van der Waals surface area contributed by atoms with Gasteiger partial charge in [0.05, 0.1) is 13.0 Å². The molecule has 208 valence electrons. The molecular formula is C25H35N5O8. The van der Waals surface area contributed by atoms with E-state index >= 15 is 0 Å². The number of aliphatic hydroxyl groups is 1. The zero-order chi connectivity index (χ0) is 28.4. The van der Waals surface area contributed by atoms with Crippen LogP contribution >= 0.6 is 0 Å². The van der Waals surface area contributed by atoms with Crippen LogP contribution in [0.1, 0.15) is 38.2 Å². The van der Waals surface area contributed by atoms with E-state index in [1.54, 1.807) is 6.20 Å². The maximum Gasteiger partial charge on any atom is 0.326 e. The van der Waals surface area contributed by atoms with Gasteiger partial charge in [0.15, 0.2) is 0 Å². The van der Waals surface area contributed by atoms with E-state index in [9.17, 15) is 34.2 Å². The maximum absolute atomic E-state index is 13.7. The number of H-pyrrole nitrogens is 1. The highest BCUT2D eigenvalue weighted by Crippen LogP contribution is 2.20. The topological polar surface area (TPSA) is 215 Å². The Morgan fingerprint density at radius 2 is 1.71 bits per heavy atom. The summed E-state index contributed by atoms with van der Waals surface area (Å²) in [6.07, 6.45) is 2.26. The van der Waals surface area contributed by atoms with Crippen molar-refractivity contribution in [2.45, 2.75) is 63.2 Å². The number of hydrogen-bond donors (Lipinski definition) is 7. The van der Waals surface area contributed by atoms with Gasteiger partial charge in [-0.15, -0.1) is 0 Å². The second-order valence-electron chi connectivity index (χ2n) is 9.02. The lowest BCUT2D eigenvalue weighted by Crippen LogP contribution is -2.58. The van der Waals surface area contributed by atoms with Crippen molar-refractivity contribution in [3.05, 3.63) is 36.0 Å². The number of rotatable bonds is 15. The number of para-hydroxylation sites is 1. The van der Waals surface area contributed by atoms with Crippen molar-refractivity contribution >= 4 is 40.6 Å². The Hall–Kier alpha value is -3.97. The summed E-state index contributed by atoms with van der Waals surface area (Å²) >= 11 is 0. The lowest BCUT2D eigenvalue weighted by Gasteiger charge is -2.32. The number of likely N-dealkylation sites (N-methyl/N-ethyl adjacent to an activating group) is 1. The molecule has 0 saturated heterocycles. The summed E-state index contributed by atoms with van der Waals surface area (Å²) in [7, 11) is 1.36. The first-order valence-corrected chi connectivity index (χ1v) is 12.2. The van der Waals surface area contributed by atoms with E-state index in [4.69, 9.17) is 10.8 Å². The van der Waals surface area contributed by atoms with Crippen molar-refractivity contribution in [2.75, 3.05) is 13.7 Å². The number of aromatic nitrogens is 1. The summed E-state index contributed by atoms with van der Waals surface area (Å²) in [5, 5.41) is 33.2. The molecule has 1 heterocycles. The average Bonchev–Trinajstić information content (AvgIpc) is 3.29. The molecule has 0 fully saturated rings. The van der Waals surface area contributed by atoms with Gasteiger partial charge in [-0.3, -0.25) is 19.2 Å². The first-order valence-electron chi connectivity index (χ1n) is 12.2. The van der Waals surface area contributed by atoms with Crippen LogP contribution < -0.4 is 16.4 Å². The highest BCUT2D eigenvalue weighted by Gasteiger charge is 2.35. The van der Waals surface area contributed by atoms with Crippen LogP contribution in [0.3, 0.4) is 0 Å². The van der Waals surface area contributed by atoms with Crippen LogP contribution in [0.15, 0.2) is 30.5 Å². The third kappa shape index (κ3) is 8.02. The van der Waals surface area contributed by atoms with Gasteiger partial charge in [0, 0.05) is 30.6 Å². The number of nitrogens with one attached hydrogen (secondary N) is 3. The van der Waals surface area contributed by atoms with Gasteiger partial charge in [-0.25, -0.2) is 4.79 Å². The van der Waals surface area contributed by atoms with Crippen LogP contribution in [0.25, 0.3) is 10.9 Å². The Balaban J connectivity index is 2.35. The van der Waals surface area contributed by atoms with E-state index in [1.807, 2.05) is 31.2 Å². The fourth-order valence-corrected chi connectivity index (χ4v) is 4.02. The standard InChI is InChI=1S/C25H35N5O8/c1-3-4-9-20(23(35)29-19(25(37)38)11-21(32)33)30(2)24(36)18(28-22(34)16(26)13-31)10-14-12-27-17-8-6-5-7-15(14)17/h5-8,12,16,18-20,27,31H,3-4,9-11,13,26H2,1-2H3,(H,28,34)(H,29,35)(H,32,33)(H,37,38)/t16-,18-,19-,20-/m0/s1. The Kier molecular flexibility index (Phi) is 11.2. The van der Waals surface area contributed by atoms with E-state index in [-0.39, 0.29) is 12.8 Å². The molecule has 0 unspecified atom stereocenters. The number of benzene rings is 1. The lowest BCUT2D eigenvalue weighted by molar-refractivity contribution is -0.149. The highest BCUT2D eigenvalue weighted by molar-refractivity contribution is 5.95. The second-order valence-corrected chi connectivity index (χ2v) is 9.02. The van der Waals surface area contributed by atoms with Gasteiger partial charge in [-0.2, -0.15) is 0 Å². The molecule has 0 aliphatic rings. The molecule has 0 aliphatic heterocycles. The first kappa shape index (κ1) is 30.3. The number of unbranched alkanes of at least 4 members (excludes halogenated alkanes) is 1. The molecule has 0 aliphatic carbocycles. The largest absolute Gasteiger partial charge is 0.481 e. The fraction of sp³-hybridized carbons (Fsp3) is 0.480. The first-order chi connectivity index (χ1) is 18.0. The van der Waals surface area contributed by atoms with Gasteiger partial charge in [-0.05, 0) is 18.1 Å². The average molecular weight is 534 g/mol. The Morgan fingerprint density at radius 3 is 2.32 bits per heavy atom. The van der Waals surface area contributed by atoms with Crippen molar-refractivity contribution in [1.29, 1.82) is 0 Å². The van der Waals surface area contributed by atoms with E-state index in [2.05, 4.69) is 15.6 Å². The summed E-state index contributed by atoms with van der Waals surface area (Å²) in [5.41, 5.74) is 7.17. The quantitative estimate of drug-likeness (QED) is 0.158. The van der Waals surface area contributed by atoms with Crippen LogP contribution in [-0.2, 0) is 30.4 Å². The highest BCUT2D eigenvalue weighted by atomic mass is 16.4. The third-order valence-corrected chi connectivity index (χ3v) is 6.19. The van der Waals surface area contributed by atoms with E-state index in [0.29, 0.717) is 18.4 Å². The summed E-state index contributed by atoms with van der Waals surface area (Å²) in [6.45, 7) is 1.23. The van der Waals surface area contributed by atoms with Crippen LogP contribution in [-0.4, -0.2) is 92.7 Å². The van der Waals surface area contributed by atoms with Crippen LogP contribution in [0.2, 0.25) is 0 Å². The summed E-state index contributed by atoms with van der Waals surface area (Å²) in [4.78, 5) is 66.0. The maximum atomic E-state index is 13.7. The number of aliphatic hydroxyl groups excluding tert-OH is 1. The molecule has 8 N–H and O–H groups in total. The van der Waals surface area contributed by atoms with Gasteiger partial charge in [-0.1, -0.05) is 38.0 Å². The molecule has 0 bridgehead atoms. The SMILES string of the molecule is CCCC[C@@H](C(=O)N[C@@H](CC(=O)O)C(=O)O)N(C)C(=O)[C@H](Cc1c[nH]c2ccccc12)NC(=O)[C@@H](N)CO. The minimum Gasteiger partial charge on any atom is -0.481 e. The summed E-state index contributed by atoms with van der Waals surface area (Å²) in [5.74, 6) is -5.16.